The Morgan fingerprint density at radius 2 is 1.59 bits per heavy atom. The molecule has 4 nitrogen and oxygen atoms in total. The summed E-state index contributed by atoms with van der Waals surface area (Å²) in [5.41, 5.74) is 3.90. The van der Waals surface area contributed by atoms with E-state index in [1.165, 1.54) is 19.1 Å². The quantitative estimate of drug-likeness (QED) is 0.473. The van der Waals surface area contributed by atoms with E-state index in [2.05, 4.69) is 5.32 Å². The first-order valence-corrected chi connectivity index (χ1v) is 9.14. The zero-order valence-electron chi connectivity index (χ0n) is 16.0. The molecule has 1 aromatic heterocycles. The Bertz CT molecular complexity index is 1240. The lowest BCUT2D eigenvalue weighted by Crippen LogP contribution is -2.18. The molecule has 0 aliphatic heterocycles. The number of rotatable bonds is 4. The summed E-state index contributed by atoms with van der Waals surface area (Å²) in [6, 6.07) is 18.7. The van der Waals surface area contributed by atoms with E-state index in [1.807, 2.05) is 30.3 Å². The fourth-order valence-electron chi connectivity index (χ4n) is 3.35. The second kappa shape index (κ2) is 7.36. The summed E-state index contributed by atoms with van der Waals surface area (Å²) < 4.78 is 19.3. The first-order valence-electron chi connectivity index (χ1n) is 9.14. The van der Waals surface area contributed by atoms with Gasteiger partial charge in [0.1, 0.15) is 17.2 Å². The van der Waals surface area contributed by atoms with Crippen molar-refractivity contribution in [3.05, 3.63) is 83.7 Å². The van der Waals surface area contributed by atoms with E-state index in [0.29, 0.717) is 33.4 Å². The van der Waals surface area contributed by atoms with Crippen LogP contribution in [0.2, 0.25) is 0 Å². The van der Waals surface area contributed by atoms with Crippen molar-refractivity contribution in [2.45, 2.75) is 6.92 Å². The van der Waals surface area contributed by atoms with Gasteiger partial charge in [-0.3, -0.25) is 9.59 Å². The van der Waals surface area contributed by atoms with Gasteiger partial charge in [-0.25, -0.2) is 4.39 Å². The topological polar surface area (TPSA) is 59.3 Å². The number of Topliss-reactive ketones (excluding diaryl/α,β-unsaturated/α-hetero) is 1. The number of ketones is 1. The number of amides is 1. The number of nitrogens with one attached hydrogen (secondary N) is 1. The van der Waals surface area contributed by atoms with Gasteiger partial charge < -0.3 is 9.73 Å². The van der Waals surface area contributed by atoms with Gasteiger partial charge in [0.05, 0.1) is 5.56 Å². The largest absolute Gasteiger partial charge is 0.455 e. The Hall–Kier alpha value is -3.73. The third kappa shape index (κ3) is 3.43. The molecule has 0 radical (unpaired) electrons. The van der Waals surface area contributed by atoms with Crippen LogP contribution in [0.4, 0.5) is 4.39 Å². The van der Waals surface area contributed by atoms with Crippen LogP contribution in [0.1, 0.15) is 27.6 Å². The highest BCUT2D eigenvalue weighted by atomic mass is 19.1. The van der Waals surface area contributed by atoms with Gasteiger partial charge in [0.2, 0.25) is 0 Å². The van der Waals surface area contributed by atoms with Crippen LogP contribution in [0.3, 0.4) is 0 Å². The van der Waals surface area contributed by atoms with E-state index in [0.717, 1.165) is 11.1 Å². The Morgan fingerprint density at radius 1 is 0.897 bits per heavy atom. The number of fused-ring (bicyclic) bond motifs is 1. The molecule has 0 saturated carbocycles. The Kier molecular flexibility index (Phi) is 4.72. The molecule has 29 heavy (non-hydrogen) atoms. The molecule has 5 heteroatoms. The molecule has 0 atom stereocenters. The minimum absolute atomic E-state index is 0.0131. The molecule has 0 saturated heterocycles. The number of carbonyl (C=O) groups is 2. The zero-order chi connectivity index (χ0) is 20.5. The van der Waals surface area contributed by atoms with Crippen LogP contribution in [-0.2, 0) is 0 Å². The average Bonchev–Trinajstić information content (AvgIpc) is 3.12. The molecule has 0 aliphatic carbocycles. The molecule has 1 N–H and O–H groups in total. The van der Waals surface area contributed by atoms with E-state index in [1.54, 1.807) is 31.3 Å². The van der Waals surface area contributed by atoms with Crippen molar-refractivity contribution in [2.24, 2.45) is 0 Å². The minimum atomic E-state index is -0.362. The van der Waals surface area contributed by atoms with E-state index >= 15 is 0 Å². The molecule has 0 fully saturated rings. The highest BCUT2D eigenvalue weighted by molar-refractivity contribution is 6.11. The molecule has 0 bridgehead atoms. The van der Waals surface area contributed by atoms with Gasteiger partial charge in [0.15, 0.2) is 5.78 Å². The third-order valence-electron chi connectivity index (χ3n) is 4.85. The van der Waals surface area contributed by atoms with Crippen molar-refractivity contribution < 1.29 is 18.4 Å². The molecule has 3 aromatic carbocycles. The minimum Gasteiger partial charge on any atom is -0.455 e. The molecule has 0 aliphatic rings. The monoisotopic (exact) mass is 387 g/mol. The second-order valence-electron chi connectivity index (χ2n) is 6.74. The summed E-state index contributed by atoms with van der Waals surface area (Å²) in [5.74, 6) is -0.286. The zero-order valence-corrected chi connectivity index (χ0v) is 16.0. The van der Waals surface area contributed by atoms with Gasteiger partial charge in [0, 0.05) is 23.6 Å². The van der Waals surface area contributed by atoms with Crippen LogP contribution >= 0.6 is 0 Å². The fraction of sp³-hybridized carbons (Fsp3) is 0.0833. The normalized spacial score (nSPS) is 10.9. The number of hydrogen-bond acceptors (Lipinski definition) is 3. The SMILES string of the molecule is CNC(=O)c1c(-c2ccc(F)cc2)oc2ccc(-c3cccc(C(C)=O)c3)cc12. The van der Waals surface area contributed by atoms with Crippen molar-refractivity contribution in [1.82, 2.24) is 5.32 Å². The second-order valence-corrected chi connectivity index (χ2v) is 6.74. The molecule has 4 aromatic rings. The Balaban J connectivity index is 1.92. The predicted octanol–water partition coefficient (Wildman–Crippen LogP) is 5.47. The van der Waals surface area contributed by atoms with E-state index in [4.69, 9.17) is 4.42 Å². The number of benzene rings is 3. The first-order chi connectivity index (χ1) is 14.0. The molecule has 4 rings (SSSR count). The van der Waals surface area contributed by atoms with Gasteiger partial charge in [0.25, 0.3) is 5.91 Å². The maximum Gasteiger partial charge on any atom is 0.255 e. The summed E-state index contributed by atoms with van der Waals surface area (Å²) in [5, 5.41) is 3.29. The van der Waals surface area contributed by atoms with E-state index < -0.39 is 0 Å². The first kappa shape index (κ1) is 18.6. The van der Waals surface area contributed by atoms with Gasteiger partial charge in [-0.2, -0.15) is 0 Å². The van der Waals surface area contributed by atoms with Crippen LogP contribution in [-0.4, -0.2) is 18.7 Å². The predicted molar refractivity (Wildman–Crippen MR) is 110 cm³/mol. The van der Waals surface area contributed by atoms with Crippen molar-refractivity contribution in [2.75, 3.05) is 7.05 Å². The summed E-state index contributed by atoms with van der Waals surface area (Å²) in [4.78, 5) is 24.4. The van der Waals surface area contributed by atoms with Crippen LogP contribution < -0.4 is 5.32 Å². The van der Waals surface area contributed by atoms with Crippen molar-refractivity contribution in [1.29, 1.82) is 0 Å². The summed E-state index contributed by atoms with van der Waals surface area (Å²) in [6.45, 7) is 1.52. The maximum absolute atomic E-state index is 13.3. The molecule has 0 unspecified atom stereocenters. The molecular formula is C24H18FNO3. The number of furan rings is 1. The third-order valence-corrected chi connectivity index (χ3v) is 4.85. The van der Waals surface area contributed by atoms with Crippen LogP contribution in [0.5, 0.6) is 0 Å². The lowest BCUT2D eigenvalue weighted by Gasteiger charge is -2.05. The lowest BCUT2D eigenvalue weighted by molar-refractivity contribution is 0.0963. The van der Waals surface area contributed by atoms with Crippen LogP contribution in [0.15, 0.2) is 71.1 Å². The van der Waals surface area contributed by atoms with Crippen molar-refractivity contribution in [3.8, 4) is 22.5 Å². The van der Waals surface area contributed by atoms with Crippen LogP contribution in [0.25, 0.3) is 33.4 Å². The molecular weight excluding hydrogens is 369 g/mol. The van der Waals surface area contributed by atoms with Crippen molar-refractivity contribution >= 4 is 22.7 Å². The number of halogens is 1. The fourth-order valence-corrected chi connectivity index (χ4v) is 3.35. The number of hydrogen-bond donors (Lipinski definition) is 1. The smallest absolute Gasteiger partial charge is 0.255 e. The highest BCUT2D eigenvalue weighted by Crippen LogP contribution is 2.36. The van der Waals surface area contributed by atoms with Gasteiger partial charge in [-0.1, -0.05) is 24.3 Å². The standard InChI is InChI=1S/C24H18FNO3/c1-14(27)16-4-3-5-17(12-16)18-8-11-21-20(13-18)22(24(28)26-2)23(29-21)15-6-9-19(25)10-7-15/h3-13H,1-2H3,(H,26,28). The summed E-state index contributed by atoms with van der Waals surface area (Å²) >= 11 is 0. The molecule has 144 valence electrons. The summed E-state index contributed by atoms with van der Waals surface area (Å²) in [6.07, 6.45) is 0. The van der Waals surface area contributed by atoms with Crippen LogP contribution in [0, 0.1) is 5.82 Å². The van der Waals surface area contributed by atoms with E-state index in [9.17, 15) is 14.0 Å². The molecule has 1 heterocycles. The average molecular weight is 387 g/mol. The van der Waals surface area contributed by atoms with E-state index in [-0.39, 0.29) is 17.5 Å². The number of carbonyl (C=O) groups excluding carboxylic acids is 2. The Labute approximate surface area is 167 Å². The van der Waals surface area contributed by atoms with Crippen molar-refractivity contribution in [3.63, 3.8) is 0 Å². The lowest BCUT2D eigenvalue weighted by atomic mass is 9.98. The van der Waals surface area contributed by atoms with Gasteiger partial charge in [-0.15, -0.1) is 0 Å². The Morgan fingerprint density at radius 3 is 2.28 bits per heavy atom. The van der Waals surface area contributed by atoms with Gasteiger partial charge >= 0.3 is 0 Å². The summed E-state index contributed by atoms with van der Waals surface area (Å²) in [7, 11) is 1.55. The van der Waals surface area contributed by atoms with Gasteiger partial charge in [-0.05, 0) is 60.5 Å². The maximum atomic E-state index is 13.3. The molecule has 0 spiro atoms. The highest BCUT2D eigenvalue weighted by Gasteiger charge is 2.22. The molecule has 1 amide bonds.